The first-order chi connectivity index (χ1) is 8.20. The highest BCUT2D eigenvalue weighted by Crippen LogP contribution is 2.24. The van der Waals surface area contributed by atoms with Gasteiger partial charge in [-0.15, -0.1) is 0 Å². The minimum atomic E-state index is 0.592. The van der Waals surface area contributed by atoms with Gasteiger partial charge in [-0.1, -0.05) is 6.92 Å². The molecule has 0 unspecified atom stereocenters. The number of furan rings is 1. The first kappa shape index (κ1) is 12.8. The second-order valence-electron chi connectivity index (χ2n) is 3.42. The molecule has 0 aliphatic heterocycles. The Bertz CT molecular complexity index is 515. The van der Waals surface area contributed by atoms with Gasteiger partial charge in [0.25, 0.3) is 0 Å². The molecule has 0 saturated carbocycles. The molecule has 0 aromatic carbocycles. The van der Waals surface area contributed by atoms with Crippen molar-refractivity contribution in [3.05, 3.63) is 26.6 Å². The van der Waals surface area contributed by atoms with E-state index in [1.807, 2.05) is 12.1 Å². The molecule has 1 N–H and O–H groups in total. The quantitative estimate of drug-likeness (QED) is 0.780. The summed E-state index contributed by atoms with van der Waals surface area (Å²) in [5.41, 5.74) is 0. The Morgan fingerprint density at radius 3 is 2.94 bits per heavy atom. The third-order valence-electron chi connectivity index (χ3n) is 2.08. The van der Waals surface area contributed by atoms with E-state index in [1.54, 1.807) is 6.20 Å². The van der Waals surface area contributed by atoms with Gasteiger partial charge in [0.1, 0.15) is 5.82 Å². The molecule has 0 saturated heterocycles. The van der Waals surface area contributed by atoms with E-state index < -0.39 is 0 Å². The van der Waals surface area contributed by atoms with Crippen LogP contribution in [-0.4, -0.2) is 16.5 Å². The number of hydrogen-bond donors (Lipinski definition) is 1. The molecule has 0 amide bonds. The largest absolute Gasteiger partial charge is 0.446 e. The molecule has 90 valence electrons. The fourth-order valence-corrected chi connectivity index (χ4v) is 2.04. The van der Waals surface area contributed by atoms with E-state index >= 15 is 0 Å². The molecule has 0 fully saturated rings. The maximum absolute atomic E-state index is 5.43. The van der Waals surface area contributed by atoms with Crippen molar-refractivity contribution in [1.29, 1.82) is 0 Å². The van der Waals surface area contributed by atoms with Crippen molar-refractivity contribution >= 4 is 44.3 Å². The molecule has 4 nitrogen and oxygen atoms in total. The first-order valence-corrected chi connectivity index (χ1v) is 7.10. The van der Waals surface area contributed by atoms with Crippen molar-refractivity contribution in [1.82, 2.24) is 9.97 Å². The summed E-state index contributed by atoms with van der Waals surface area (Å²) in [4.78, 5) is 8.71. The molecule has 0 bridgehead atoms. The van der Waals surface area contributed by atoms with Crippen LogP contribution in [0.3, 0.4) is 0 Å². The molecule has 2 rings (SSSR count). The van der Waals surface area contributed by atoms with Gasteiger partial charge in [0.05, 0.1) is 3.57 Å². The van der Waals surface area contributed by atoms with Crippen molar-refractivity contribution < 1.29 is 4.42 Å². The minimum Gasteiger partial charge on any atom is -0.446 e. The Hall–Kier alpha value is -0.630. The molecule has 0 aliphatic carbocycles. The van der Waals surface area contributed by atoms with Crippen molar-refractivity contribution in [3.63, 3.8) is 0 Å². The summed E-state index contributed by atoms with van der Waals surface area (Å²) in [6.45, 7) is 3.01. The molecule has 0 atom stereocenters. The first-order valence-electron chi connectivity index (χ1n) is 5.23. The maximum Gasteiger partial charge on any atom is 0.197 e. The third-order valence-corrected chi connectivity index (χ3v) is 3.30. The highest BCUT2D eigenvalue weighted by Gasteiger charge is 2.09. The van der Waals surface area contributed by atoms with Crippen molar-refractivity contribution in [2.75, 3.05) is 11.9 Å². The van der Waals surface area contributed by atoms with Crippen LogP contribution < -0.4 is 5.32 Å². The second kappa shape index (κ2) is 5.81. The van der Waals surface area contributed by atoms with Crippen LogP contribution in [0.4, 0.5) is 5.82 Å². The van der Waals surface area contributed by atoms with E-state index in [0.717, 1.165) is 22.4 Å². The second-order valence-corrected chi connectivity index (χ2v) is 5.36. The van der Waals surface area contributed by atoms with Crippen LogP contribution in [0.5, 0.6) is 0 Å². The molecule has 0 radical (unpaired) electrons. The topological polar surface area (TPSA) is 51.0 Å². The van der Waals surface area contributed by atoms with Crippen LogP contribution in [0, 0.1) is 3.57 Å². The SMILES string of the molecule is CCCNc1nc(-c2ccc(Br)o2)ncc1I. The van der Waals surface area contributed by atoms with Gasteiger partial charge in [-0.25, -0.2) is 9.97 Å². The summed E-state index contributed by atoms with van der Waals surface area (Å²) >= 11 is 5.48. The van der Waals surface area contributed by atoms with Crippen LogP contribution in [0.2, 0.25) is 0 Å². The lowest BCUT2D eigenvalue weighted by Gasteiger charge is -2.06. The van der Waals surface area contributed by atoms with Crippen LogP contribution in [0.15, 0.2) is 27.4 Å². The summed E-state index contributed by atoms with van der Waals surface area (Å²) in [5.74, 6) is 2.10. The zero-order chi connectivity index (χ0) is 12.3. The number of anilines is 1. The van der Waals surface area contributed by atoms with Gasteiger partial charge in [-0.3, -0.25) is 0 Å². The Kier molecular flexibility index (Phi) is 4.38. The van der Waals surface area contributed by atoms with Crippen LogP contribution in [0.25, 0.3) is 11.6 Å². The average Bonchev–Trinajstić information content (AvgIpc) is 2.75. The summed E-state index contributed by atoms with van der Waals surface area (Å²) in [7, 11) is 0. The maximum atomic E-state index is 5.43. The number of hydrogen-bond acceptors (Lipinski definition) is 4. The number of aromatic nitrogens is 2. The Balaban J connectivity index is 2.30. The van der Waals surface area contributed by atoms with E-state index in [-0.39, 0.29) is 0 Å². The molecular weight excluding hydrogens is 397 g/mol. The van der Waals surface area contributed by atoms with Crippen molar-refractivity contribution in [2.24, 2.45) is 0 Å². The molecule has 2 aromatic heterocycles. The smallest absolute Gasteiger partial charge is 0.197 e. The zero-order valence-electron chi connectivity index (χ0n) is 9.20. The van der Waals surface area contributed by atoms with Crippen LogP contribution in [-0.2, 0) is 0 Å². The normalized spacial score (nSPS) is 10.5. The third kappa shape index (κ3) is 3.19. The summed E-state index contributed by atoms with van der Waals surface area (Å²) < 4.78 is 7.11. The monoisotopic (exact) mass is 407 g/mol. The van der Waals surface area contributed by atoms with E-state index in [2.05, 4.69) is 60.7 Å². The molecule has 2 heterocycles. The highest BCUT2D eigenvalue weighted by atomic mass is 127. The lowest BCUT2D eigenvalue weighted by atomic mass is 10.4. The fraction of sp³-hybridized carbons (Fsp3) is 0.273. The fourth-order valence-electron chi connectivity index (χ4n) is 1.29. The van der Waals surface area contributed by atoms with Gasteiger partial charge < -0.3 is 9.73 Å². The Labute approximate surface area is 121 Å². The van der Waals surface area contributed by atoms with Gasteiger partial charge in [0.15, 0.2) is 16.3 Å². The number of halogens is 2. The molecule has 0 aliphatic rings. The zero-order valence-corrected chi connectivity index (χ0v) is 12.9. The van der Waals surface area contributed by atoms with Crippen molar-refractivity contribution in [3.8, 4) is 11.6 Å². The molecule has 0 spiro atoms. The van der Waals surface area contributed by atoms with Gasteiger partial charge in [-0.2, -0.15) is 0 Å². The molecule has 17 heavy (non-hydrogen) atoms. The van der Waals surface area contributed by atoms with E-state index in [4.69, 9.17) is 4.42 Å². The van der Waals surface area contributed by atoms with Crippen molar-refractivity contribution in [2.45, 2.75) is 13.3 Å². The predicted octanol–water partition coefficient (Wildman–Crippen LogP) is 3.93. The predicted molar refractivity (Wildman–Crippen MR) is 78.9 cm³/mol. The van der Waals surface area contributed by atoms with Gasteiger partial charge in [0, 0.05) is 12.7 Å². The number of nitrogens with zero attached hydrogens (tertiary/aromatic N) is 2. The van der Waals surface area contributed by atoms with Gasteiger partial charge >= 0.3 is 0 Å². The Morgan fingerprint density at radius 2 is 2.29 bits per heavy atom. The van der Waals surface area contributed by atoms with Crippen LogP contribution in [0.1, 0.15) is 13.3 Å². The van der Waals surface area contributed by atoms with Gasteiger partial charge in [-0.05, 0) is 57.1 Å². The van der Waals surface area contributed by atoms with E-state index in [1.165, 1.54) is 0 Å². The minimum absolute atomic E-state index is 0.592. The van der Waals surface area contributed by atoms with Gasteiger partial charge in [0.2, 0.25) is 0 Å². The summed E-state index contributed by atoms with van der Waals surface area (Å²) in [5, 5.41) is 3.27. The lowest BCUT2D eigenvalue weighted by Crippen LogP contribution is -2.05. The molecular formula is C11H11BrIN3O. The Morgan fingerprint density at radius 1 is 1.47 bits per heavy atom. The number of rotatable bonds is 4. The molecule has 6 heteroatoms. The lowest BCUT2D eigenvalue weighted by molar-refractivity contribution is 0.551. The number of nitrogens with one attached hydrogen (secondary N) is 1. The summed E-state index contributed by atoms with van der Waals surface area (Å²) in [6.07, 6.45) is 2.85. The highest BCUT2D eigenvalue weighted by molar-refractivity contribution is 14.1. The van der Waals surface area contributed by atoms with E-state index in [0.29, 0.717) is 16.3 Å². The summed E-state index contributed by atoms with van der Waals surface area (Å²) in [6, 6.07) is 3.67. The standard InChI is InChI=1S/C11H11BrIN3O/c1-2-5-14-10-7(13)6-15-11(16-10)8-3-4-9(12)17-8/h3-4,6H,2,5H2,1H3,(H,14,15,16). The van der Waals surface area contributed by atoms with Crippen LogP contribution >= 0.6 is 38.5 Å². The van der Waals surface area contributed by atoms with E-state index in [9.17, 15) is 0 Å². The average molecular weight is 408 g/mol. The molecule has 2 aromatic rings.